The van der Waals surface area contributed by atoms with E-state index >= 15 is 0 Å². The lowest BCUT2D eigenvalue weighted by Crippen LogP contribution is -2.20. The Kier molecular flexibility index (Phi) is 3.35. The number of hydrogen-bond donors (Lipinski definition) is 1. The second-order valence-electron chi connectivity index (χ2n) is 5.64. The average molecular weight is 250 g/mol. The van der Waals surface area contributed by atoms with E-state index < -0.39 is 0 Å². The Bertz CT molecular complexity index is 405. The van der Waals surface area contributed by atoms with Gasteiger partial charge in [-0.15, -0.1) is 0 Å². The first-order valence-electron chi connectivity index (χ1n) is 7.00. The third-order valence-corrected chi connectivity index (χ3v) is 3.63. The topological polar surface area (TPSA) is 52.0 Å². The van der Waals surface area contributed by atoms with E-state index in [1.807, 2.05) is 0 Å². The van der Waals surface area contributed by atoms with Crippen molar-refractivity contribution in [2.75, 3.05) is 13.2 Å². The van der Waals surface area contributed by atoms with Crippen molar-refractivity contribution in [1.29, 1.82) is 0 Å². The van der Waals surface area contributed by atoms with Gasteiger partial charge in [-0.05, 0) is 33.1 Å². The zero-order valence-electron chi connectivity index (χ0n) is 11.2. The van der Waals surface area contributed by atoms with Crippen molar-refractivity contribution in [3.63, 3.8) is 0 Å². The largest absolute Gasteiger partial charge is 0.381 e. The van der Waals surface area contributed by atoms with Crippen LogP contribution in [0.1, 0.15) is 56.7 Å². The van der Waals surface area contributed by atoms with Gasteiger partial charge in [0.1, 0.15) is 5.82 Å². The molecule has 2 aliphatic rings. The maximum Gasteiger partial charge on any atom is 0.156 e. The van der Waals surface area contributed by atoms with E-state index in [1.54, 1.807) is 0 Å². The highest BCUT2D eigenvalue weighted by Crippen LogP contribution is 2.24. The van der Waals surface area contributed by atoms with Gasteiger partial charge in [0.15, 0.2) is 5.82 Å². The second kappa shape index (κ2) is 4.97. The van der Waals surface area contributed by atoms with Gasteiger partial charge in [-0.1, -0.05) is 0 Å². The van der Waals surface area contributed by atoms with Crippen molar-refractivity contribution in [2.45, 2.75) is 57.7 Å². The number of ether oxygens (including phenoxy) is 1. The summed E-state index contributed by atoms with van der Waals surface area (Å²) in [5, 5.41) is 8.19. The maximum atomic E-state index is 5.42. The molecule has 1 N–H and O–H groups in total. The van der Waals surface area contributed by atoms with Crippen LogP contribution >= 0.6 is 0 Å². The molecule has 0 aromatic carbocycles. The van der Waals surface area contributed by atoms with Gasteiger partial charge in [0, 0.05) is 24.6 Å². The molecule has 1 aliphatic heterocycles. The molecular formula is C13H22N4O. The van der Waals surface area contributed by atoms with Crippen molar-refractivity contribution in [3.05, 3.63) is 11.6 Å². The Hall–Kier alpha value is -0.940. The van der Waals surface area contributed by atoms with Gasteiger partial charge in [0.2, 0.25) is 0 Å². The molecule has 0 amide bonds. The van der Waals surface area contributed by atoms with Crippen LogP contribution in [0.15, 0.2) is 0 Å². The highest BCUT2D eigenvalue weighted by Gasteiger charge is 2.25. The molecule has 1 aromatic rings. The van der Waals surface area contributed by atoms with Crippen LogP contribution in [0.3, 0.4) is 0 Å². The third-order valence-electron chi connectivity index (χ3n) is 3.63. The molecule has 18 heavy (non-hydrogen) atoms. The van der Waals surface area contributed by atoms with Gasteiger partial charge in [-0.25, -0.2) is 9.67 Å². The van der Waals surface area contributed by atoms with E-state index in [0.717, 1.165) is 37.8 Å². The normalized spacial score (nSPS) is 24.1. The van der Waals surface area contributed by atoms with Crippen LogP contribution in [-0.4, -0.2) is 34.0 Å². The zero-order valence-corrected chi connectivity index (χ0v) is 11.2. The summed E-state index contributed by atoms with van der Waals surface area (Å²) in [7, 11) is 0. The fourth-order valence-electron chi connectivity index (χ4n) is 2.34. The van der Waals surface area contributed by atoms with E-state index in [2.05, 4.69) is 28.9 Å². The highest BCUT2D eigenvalue weighted by molar-refractivity contribution is 5.02. The predicted octanol–water partition coefficient (Wildman–Crippen LogP) is 1.61. The summed E-state index contributed by atoms with van der Waals surface area (Å²) >= 11 is 0. The lowest BCUT2D eigenvalue weighted by Gasteiger charge is -2.09. The number of nitrogens with one attached hydrogen (secondary N) is 1. The summed E-state index contributed by atoms with van der Waals surface area (Å²) in [6, 6.07) is 1.07. The Morgan fingerprint density at radius 2 is 2.22 bits per heavy atom. The first-order valence-corrected chi connectivity index (χ1v) is 7.00. The summed E-state index contributed by atoms with van der Waals surface area (Å²) in [6.07, 6.45) is 3.66. The van der Waals surface area contributed by atoms with Gasteiger partial charge in [-0.2, -0.15) is 5.10 Å². The van der Waals surface area contributed by atoms with E-state index in [9.17, 15) is 0 Å². The molecule has 1 saturated heterocycles. The minimum Gasteiger partial charge on any atom is -0.381 e. The average Bonchev–Trinajstić information content (AvgIpc) is 2.87. The van der Waals surface area contributed by atoms with Crippen molar-refractivity contribution in [3.8, 4) is 0 Å². The van der Waals surface area contributed by atoms with Crippen LogP contribution in [0.2, 0.25) is 0 Å². The maximum absolute atomic E-state index is 5.42. The number of aromatic nitrogens is 3. The fraction of sp³-hybridized carbons (Fsp3) is 0.846. The molecule has 0 radical (unpaired) electrons. The minimum atomic E-state index is 0.365. The Morgan fingerprint density at radius 1 is 1.39 bits per heavy atom. The molecular weight excluding hydrogens is 228 g/mol. The van der Waals surface area contributed by atoms with E-state index in [-0.39, 0.29) is 0 Å². The van der Waals surface area contributed by atoms with E-state index in [4.69, 9.17) is 9.72 Å². The van der Waals surface area contributed by atoms with Crippen LogP contribution in [0.25, 0.3) is 0 Å². The third kappa shape index (κ3) is 2.57. The van der Waals surface area contributed by atoms with Gasteiger partial charge in [0.05, 0.1) is 13.2 Å². The summed E-state index contributed by atoms with van der Waals surface area (Å²) in [5.74, 6) is 2.43. The van der Waals surface area contributed by atoms with Crippen LogP contribution in [-0.2, 0) is 11.3 Å². The predicted molar refractivity (Wildman–Crippen MR) is 68.4 cm³/mol. The summed E-state index contributed by atoms with van der Waals surface area (Å²) in [5.41, 5.74) is 0. The van der Waals surface area contributed by atoms with Crippen molar-refractivity contribution < 1.29 is 4.74 Å². The van der Waals surface area contributed by atoms with Gasteiger partial charge in [0.25, 0.3) is 0 Å². The van der Waals surface area contributed by atoms with E-state index in [0.29, 0.717) is 18.0 Å². The van der Waals surface area contributed by atoms with Crippen LogP contribution in [0.4, 0.5) is 0 Å². The molecule has 0 bridgehead atoms. The molecule has 5 heteroatoms. The lowest BCUT2D eigenvalue weighted by molar-refractivity contribution is 0.193. The van der Waals surface area contributed by atoms with Gasteiger partial charge >= 0.3 is 0 Å². The number of hydrogen-bond acceptors (Lipinski definition) is 4. The van der Waals surface area contributed by atoms with Crippen molar-refractivity contribution in [2.24, 2.45) is 0 Å². The number of nitrogens with zero attached hydrogens (tertiary/aromatic N) is 3. The monoisotopic (exact) mass is 250 g/mol. The molecule has 1 atom stereocenters. The Morgan fingerprint density at radius 3 is 2.83 bits per heavy atom. The van der Waals surface area contributed by atoms with Crippen LogP contribution < -0.4 is 5.32 Å². The highest BCUT2D eigenvalue weighted by atomic mass is 16.5. The smallest absolute Gasteiger partial charge is 0.156 e. The molecule has 100 valence electrons. The van der Waals surface area contributed by atoms with Gasteiger partial charge < -0.3 is 10.1 Å². The fourth-order valence-corrected chi connectivity index (χ4v) is 2.34. The minimum absolute atomic E-state index is 0.365. The van der Waals surface area contributed by atoms with Crippen molar-refractivity contribution in [1.82, 2.24) is 20.1 Å². The Balaban J connectivity index is 1.75. The lowest BCUT2D eigenvalue weighted by atomic mass is 10.1. The molecule has 1 aliphatic carbocycles. The van der Waals surface area contributed by atoms with Crippen LogP contribution in [0, 0.1) is 0 Å². The summed E-state index contributed by atoms with van der Waals surface area (Å²) < 4.78 is 7.48. The summed E-state index contributed by atoms with van der Waals surface area (Å²) in [4.78, 5) is 4.72. The van der Waals surface area contributed by atoms with Crippen molar-refractivity contribution >= 4 is 0 Å². The first-order chi connectivity index (χ1) is 8.74. The summed E-state index contributed by atoms with van der Waals surface area (Å²) in [6.45, 7) is 6.77. The van der Waals surface area contributed by atoms with E-state index in [1.165, 1.54) is 12.8 Å². The number of rotatable bonds is 5. The first kappa shape index (κ1) is 12.1. The second-order valence-corrected chi connectivity index (χ2v) is 5.64. The molecule has 5 nitrogen and oxygen atoms in total. The Labute approximate surface area is 108 Å². The standard InChI is InChI=1S/C13H22N4O/c1-9(2)17-12(7-14-11-3-4-11)15-13(16-17)10-5-6-18-8-10/h9-11,14H,3-8H2,1-2H3. The molecule has 0 spiro atoms. The molecule has 2 fully saturated rings. The zero-order chi connectivity index (χ0) is 12.5. The molecule has 2 heterocycles. The quantitative estimate of drug-likeness (QED) is 0.862. The van der Waals surface area contributed by atoms with Crippen LogP contribution in [0.5, 0.6) is 0 Å². The van der Waals surface area contributed by atoms with Gasteiger partial charge in [-0.3, -0.25) is 0 Å². The molecule has 1 saturated carbocycles. The molecule has 1 unspecified atom stereocenters. The molecule has 1 aromatic heterocycles. The molecule has 3 rings (SSSR count). The SMILES string of the molecule is CC(C)n1nc(C2CCOC2)nc1CNC1CC1.